The van der Waals surface area contributed by atoms with Gasteiger partial charge in [0.25, 0.3) is 0 Å². The number of nitrogens with one attached hydrogen (secondary N) is 1. The highest BCUT2D eigenvalue weighted by Crippen LogP contribution is 1.95. The van der Waals surface area contributed by atoms with Gasteiger partial charge in [0.2, 0.25) is 0 Å². The Labute approximate surface area is 39.3 Å². The molecule has 31 valence electrons. The Morgan fingerprint density at radius 1 is 1.67 bits per heavy atom. The van der Waals surface area contributed by atoms with Gasteiger partial charge in [-0.05, 0) is 22.2 Å². The topological polar surface area (TPSA) is 23.9 Å². The first-order valence-electron chi connectivity index (χ1n) is 1.60. The van der Waals surface area contributed by atoms with E-state index in [1.165, 1.54) is 0 Å². The predicted molar refractivity (Wildman–Crippen MR) is 27.0 cm³/mol. The molecule has 1 rings (SSSR count). The van der Waals surface area contributed by atoms with Crippen LogP contribution in [-0.4, -0.2) is 0 Å². The SMILES string of the molecule is N=S1[C]=CC=C1. The second-order valence-corrected chi connectivity index (χ2v) is 2.13. The van der Waals surface area contributed by atoms with E-state index >= 15 is 0 Å². The Hall–Kier alpha value is -0.370. The summed E-state index contributed by atoms with van der Waals surface area (Å²) in [7, 11) is -0.409. The zero-order chi connectivity index (χ0) is 4.41. The Morgan fingerprint density at radius 2 is 2.50 bits per heavy atom. The molecule has 2 heteroatoms. The van der Waals surface area contributed by atoms with Gasteiger partial charge in [-0.25, -0.2) is 0 Å². The molecule has 0 bridgehead atoms. The molecular formula is C4H4NS. The fourth-order valence-corrected chi connectivity index (χ4v) is 0.809. The fraction of sp³-hybridized carbons (Fsp3) is 0. The van der Waals surface area contributed by atoms with Crippen molar-refractivity contribution in [2.24, 2.45) is 0 Å². The van der Waals surface area contributed by atoms with Gasteiger partial charge >= 0.3 is 0 Å². The second kappa shape index (κ2) is 1.39. The van der Waals surface area contributed by atoms with Crippen molar-refractivity contribution in [3.8, 4) is 0 Å². The zero-order valence-corrected chi connectivity index (χ0v) is 3.96. The van der Waals surface area contributed by atoms with E-state index in [9.17, 15) is 0 Å². The normalized spacial score (nSPS) is 20.0. The van der Waals surface area contributed by atoms with Gasteiger partial charge in [-0.3, -0.25) is 4.78 Å². The van der Waals surface area contributed by atoms with Crippen molar-refractivity contribution in [3.05, 3.63) is 23.0 Å². The van der Waals surface area contributed by atoms with Crippen LogP contribution in [0.25, 0.3) is 0 Å². The first kappa shape index (κ1) is 3.81. The molecule has 0 saturated heterocycles. The van der Waals surface area contributed by atoms with Crippen LogP contribution < -0.4 is 0 Å². The van der Waals surface area contributed by atoms with Gasteiger partial charge in [-0.2, -0.15) is 0 Å². The average molecular weight is 98.1 g/mol. The number of hydrogen-bond donors (Lipinski definition) is 1. The lowest BCUT2D eigenvalue weighted by molar-refractivity contribution is 1.64. The van der Waals surface area contributed by atoms with E-state index in [0.29, 0.717) is 0 Å². The Kier molecular flexibility index (Phi) is 0.881. The third-order valence-electron chi connectivity index (χ3n) is 0.506. The molecule has 0 saturated carbocycles. The van der Waals surface area contributed by atoms with Gasteiger partial charge in [-0.15, -0.1) is 0 Å². The van der Waals surface area contributed by atoms with Crippen molar-refractivity contribution in [1.29, 1.82) is 4.78 Å². The molecule has 1 aliphatic heterocycles. The molecule has 1 aliphatic rings. The molecule has 1 radical (unpaired) electrons. The number of hydrogen-bond acceptors (Lipinski definition) is 1. The molecule has 0 aromatic rings. The summed E-state index contributed by atoms with van der Waals surface area (Å²) in [6.45, 7) is 0. The van der Waals surface area contributed by atoms with Crippen molar-refractivity contribution in [2.75, 3.05) is 0 Å². The summed E-state index contributed by atoms with van der Waals surface area (Å²) >= 11 is 0. The first-order valence-corrected chi connectivity index (χ1v) is 2.89. The Bertz CT molecular complexity index is 110. The van der Waals surface area contributed by atoms with Crippen molar-refractivity contribution >= 4 is 10.7 Å². The van der Waals surface area contributed by atoms with Crippen LogP contribution in [0.4, 0.5) is 0 Å². The molecule has 0 fully saturated rings. The lowest BCUT2D eigenvalue weighted by atomic mass is 10.6. The highest BCUT2D eigenvalue weighted by atomic mass is 32.2. The molecule has 1 N–H and O–H groups in total. The van der Waals surface area contributed by atoms with Crippen LogP contribution in [-0.2, 0) is 10.7 Å². The molecule has 0 aromatic carbocycles. The summed E-state index contributed by atoms with van der Waals surface area (Å²) in [6, 6.07) is 0. The highest BCUT2D eigenvalue weighted by Gasteiger charge is 1.82. The van der Waals surface area contributed by atoms with Gasteiger partial charge in [0.15, 0.2) is 0 Å². The maximum absolute atomic E-state index is 6.93. The summed E-state index contributed by atoms with van der Waals surface area (Å²) in [5, 5.41) is 4.58. The molecule has 6 heavy (non-hydrogen) atoms. The van der Waals surface area contributed by atoms with Gasteiger partial charge in [0, 0.05) is 5.41 Å². The van der Waals surface area contributed by atoms with Crippen LogP contribution in [0.2, 0.25) is 0 Å². The quantitative estimate of drug-likeness (QED) is 0.471. The van der Waals surface area contributed by atoms with Crippen molar-refractivity contribution in [1.82, 2.24) is 0 Å². The zero-order valence-electron chi connectivity index (χ0n) is 3.14. The Balaban J connectivity index is 2.86. The minimum Gasteiger partial charge on any atom is -0.271 e. The summed E-state index contributed by atoms with van der Waals surface area (Å²) in [5.74, 6) is 0. The largest absolute Gasteiger partial charge is 0.271 e. The maximum atomic E-state index is 6.93. The van der Waals surface area contributed by atoms with E-state index in [2.05, 4.69) is 5.41 Å². The molecule has 0 aliphatic carbocycles. The number of rotatable bonds is 0. The van der Waals surface area contributed by atoms with Gasteiger partial charge < -0.3 is 0 Å². The molecule has 0 aromatic heterocycles. The molecule has 1 nitrogen and oxygen atoms in total. The molecule has 0 spiro atoms. The van der Waals surface area contributed by atoms with Crippen LogP contribution >= 0.6 is 0 Å². The smallest absolute Gasteiger partial charge is 0.0372 e. The third kappa shape index (κ3) is 0.571. The fourth-order valence-electron chi connectivity index (χ4n) is 0.270. The van der Waals surface area contributed by atoms with E-state index in [4.69, 9.17) is 4.78 Å². The minimum absolute atomic E-state index is 0.409. The summed E-state index contributed by atoms with van der Waals surface area (Å²) in [5.41, 5.74) is 0. The third-order valence-corrected chi connectivity index (χ3v) is 1.33. The van der Waals surface area contributed by atoms with E-state index in [1.807, 2.05) is 6.08 Å². The van der Waals surface area contributed by atoms with Gasteiger partial charge in [0.05, 0.1) is 0 Å². The lowest BCUT2D eigenvalue weighted by Gasteiger charge is -1.70. The molecule has 1 heterocycles. The van der Waals surface area contributed by atoms with E-state index < -0.39 is 10.7 Å². The lowest BCUT2D eigenvalue weighted by Crippen LogP contribution is -1.60. The van der Waals surface area contributed by atoms with Crippen molar-refractivity contribution in [2.45, 2.75) is 0 Å². The summed E-state index contributed by atoms with van der Waals surface area (Å²) < 4.78 is 6.93. The monoisotopic (exact) mass is 98.0 g/mol. The molecular weight excluding hydrogens is 94.1 g/mol. The molecule has 1 unspecified atom stereocenters. The van der Waals surface area contributed by atoms with Crippen LogP contribution in [0.5, 0.6) is 0 Å². The highest BCUT2D eigenvalue weighted by molar-refractivity contribution is 7.90. The maximum Gasteiger partial charge on any atom is 0.0372 e. The van der Waals surface area contributed by atoms with Crippen molar-refractivity contribution < 1.29 is 0 Å². The van der Waals surface area contributed by atoms with Gasteiger partial charge in [-0.1, -0.05) is 6.08 Å². The van der Waals surface area contributed by atoms with Crippen molar-refractivity contribution in [3.63, 3.8) is 0 Å². The summed E-state index contributed by atoms with van der Waals surface area (Å²) in [6.07, 6.45) is 3.62. The summed E-state index contributed by atoms with van der Waals surface area (Å²) in [4.78, 5) is 0. The standard InChI is InChI=1S/C4H4NS/c5-6-3-1-2-4-6/h1-3,5H. The minimum atomic E-state index is -0.409. The second-order valence-electron chi connectivity index (χ2n) is 0.951. The number of allylic oxidation sites excluding steroid dienone is 2. The Morgan fingerprint density at radius 3 is 2.67 bits per heavy atom. The van der Waals surface area contributed by atoms with Gasteiger partial charge in [0.1, 0.15) is 0 Å². The first-order chi connectivity index (χ1) is 2.89. The molecule has 0 amide bonds. The van der Waals surface area contributed by atoms with Crippen LogP contribution in [0.15, 0.2) is 17.6 Å². The molecule has 1 atom stereocenters. The van der Waals surface area contributed by atoms with E-state index in [1.54, 1.807) is 11.5 Å². The predicted octanol–water partition coefficient (Wildman–Crippen LogP) is 1.21. The van der Waals surface area contributed by atoms with E-state index in [-0.39, 0.29) is 0 Å². The van der Waals surface area contributed by atoms with Crippen LogP contribution in [0.3, 0.4) is 0 Å². The van der Waals surface area contributed by atoms with Crippen LogP contribution in [0.1, 0.15) is 0 Å². The van der Waals surface area contributed by atoms with E-state index in [0.717, 1.165) is 0 Å². The van der Waals surface area contributed by atoms with Crippen LogP contribution in [0, 0.1) is 10.2 Å². The average Bonchev–Trinajstić information content (AvgIpc) is 1.86.